The predicted molar refractivity (Wildman–Crippen MR) is 84.9 cm³/mol. The Kier molecular flexibility index (Phi) is 4.15. The number of amides is 1. The number of thiophene rings is 1. The van der Waals surface area contributed by atoms with Crippen LogP contribution in [0, 0.1) is 0 Å². The van der Waals surface area contributed by atoms with Crippen molar-refractivity contribution in [3.63, 3.8) is 0 Å². The average molecular weight is 306 g/mol. The van der Waals surface area contributed by atoms with E-state index in [9.17, 15) is 4.79 Å². The van der Waals surface area contributed by atoms with Gasteiger partial charge in [-0.25, -0.2) is 0 Å². The molecule has 1 spiro atoms. The van der Waals surface area contributed by atoms with Gasteiger partial charge in [-0.2, -0.15) is 0 Å². The minimum atomic E-state index is -0.156. The Hall–Kier alpha value is -1.17. The van der Waals surface area contributed by atoms with E-state index in [4.69, 9.17) is 4.74 Å². The van der Waals surface area contributed by atoms with Crippen molar-refractivity contribution >= 4 is 17.2 Å². The summed E-state index contributed by atoms with van der Waals surface area (Å²) in [4.78, 5) is 14.3. The van der Waals surface area contributed by atoms with Gasteiger partial charge >= 0.3 is 0 Å². The lowest BCUT2D eigenvalue weighted by atomic mass is 9.86. The van der Waals surface area contributed by atoms with Crippen LogP contribution in [0.25, 0.3) is 0 Å². The van der Waals surface area contributed by atoms with Gasteiger partial charge in [0, 0.05) is 11.4 Å². The van der Waals surface area contributed by atoms with Crippen molar-refractivity contribution in [3.05, 3.63) is 33.5 Å². The molecule has 2 aliphatic heterocycles. The topological polar surface area (TPSA) is 50.4 Å². The molecule has 0 aromatic carbocycles. The van der Waals surface area contributed by atoms with Crippen LogP contribution in [-0.4, -0.2) is 32.1 Å². The van der Waals surface area contributed by atoms with E-state index in [2.05, 4.69) is 23.3 Å². The summed E-state index contributed by atoms with van der Waals surface area (Å²) < 4.78 is 6.15. The van der Waals surface area contributed by atoms with Crippen LogP contribution in [0.2, 0.25) is 0 Å². The van der Waals surface area contributed by atoms with Crippen LogP contribution in [0.3, 0.4) is 0 Å². The molecule has 0 saturated carbocycles. The van der Waals surface area contributed by atoms with Crippen LogP contribution >= 0.6 is 11.3 Å². The third-order valence-electron chi connectivity index (χ3n) is 4.16. The number of fused-ring (bicyclic) bond motifs is 2. The number of carbonyl (C=O) groups is 1. The Morgan fingerprint density at radius 2 is 2.29 bits per heavy atom. The molecule has 0 aliphatic carbocycles. The Bertz CT molecular complexity index is 559. The summed E-state index contributed by atoms with van der Waals surface area (Å²) >= 11 is 1.61. The van der Waals surface area contributed by atoms with E-state index in [1.54, 1.807) is 11.3 Å². The number of nitrogens with one attached hydrogen (secondary N) is 2. The van der Waals surface area contributed by atoms with Gasteiger partial charge in [0.05, 0.1) is 11.5 Å². The second-order valence-corrected chi connectivity index (χ2v) is 7.00. The number of rotatable bonds is 3. The molecular formula is C16H22N2O2S. The third kappa shape index (κ3) is 2.91. The molecule has 0 radical (unpaired) electrons. The predicted octanol–water partition coefficient (Wildman–Crippen LogP) is 2.21. The number of piperidine rings is 1. The molecule has 1 aromatic rings. The summed E-state index contributed by atoms with van der Waals surface area (Å²) in [5.74, 6) is 0.00137. The highest BCUT2D eigenvalue weighted by atomic mass is 32.1. The van der Waals surface area contributed by atoms with Gasteiger partial charge in [0.15, 0.2) is 0 Å². The van der Waals surface area contributed by atoms with Gasteiger partial charge in [-0.05, 0) is 50.9 Å². The van der Waals surface area contributed by atoms with E-state index in [0.29, 0.717) is 6.54 Å². The highest BCUT2D eigenvalue weighted by Crippen LogP contribution is 2.44. The van der Waals surface area contributed by atoms with Gasteiger partial charge in [0.2, 0.25) is 0 Å². The molecule has 3 heterocycles. The highest BCUT2D eigenvalue weighted by Gasteiger charge is 2.41. The summed E-state index contributed by atoms with van der Waals surface area (Å²) in [6.07, 6.45) is 2.90. The van der Waals surface area contributed by atoms with Crippen LogP contribution in [0.4, 0.5) is 0 Å². The number of carbonyl (C=O) groups excluding carboxylic acids is 1. The van der Waals surface area contributed by atoms with Crippen molar-refractivity contribution in [1.82, 2.24) is 10.6 Å². The minimum absolute atomic E-state index is 0.00137. The highest BCUT2D eigenvalue weighted by molar-refractivity contribution is 7.14. The van der Waals surface area contributed by atoms with E-state index in [1.165, 1.54) is 10.4 Å². The van der Waals surface area contributed by atoms with Gasteiger partial charge in [-0.1, -0.05) is 12.2 Å². The standard InChI is InChI=1S/C16H22N2O2S/c1-11(2)10-18-15(19)13-9-12-3-8-20-16(14(12)21-13)4-6-17-7-5-16/h9,17H,1,3-8,10H2,2H3,(H,18,19). The molecule has 2 aliphatic rings. The number of hydrogen-bond donors (Lipinski definition) is 2. The van der Waals surface area contributed by atoms with E-state index in [1.807, 2.05) is 6.92 Å². The van der Waals surface area contributed by atoms with Crippen molar-refractivity contribution in [2.75, 3.05) is 26.2 Å². The molecule has 0 bridgehead atoms. The van der Waals surface area contributed by atoms with Gasteiger partial charge in [-0.3, -0.25) is 4.79 Å². The molecular weight excluding hydrogens is 284 g/mol. The van der Waals surface area contributed by atoms with Gasteiger partial charge in [0.1, 0.15) is 5.60 Å². The zero-order valence-corrected chi connectivity index (χ0v) is 13.3. The summed E-state index contributed by atoms with van der Waals surface area (Å²) in [6.45, 7) is 8.99. The minimum Gasteiger partial charge on any atom is -0.369 e. The molecule has 0 atom stereocenters. The normalized spacial score (nSPS) is 20.0. The molecule has 3 rings (SSSR count). The zero-order valence-electron chi connectivity index (χ0n) is 12.5. The maximum atomic E-state index is 12.2. The SMILES string of the molecule is C=C(C)CNC(=O)c1cc2c(s1)C1(CCNCC1)OCC2. The first-order valence-corrected chi connectivity index (χ1v) is 8.33. The third-order valence-corrected chi connectivity index (χ3v) is 5.52. The van der Waals surface area contributed by atoms with Gasteiger partial charge in [0.25, 0.3) is 5.91 Å². The molecule has 1 saturated heterocycles. The first kappa shape index (κ1) is 14.8. The Balaban J connectivity index is 1.84. The summed E-state index contributed by atoms with van der Waals surface area (Å²) in [6, 6.07) is 2.06. The Labute approximate surface area is 129 Å². The molecule has 114 valence electrons. The average Bonchev–Trinajstić information content (AvgIpc) is 2.92. The van der Waals surface area contributed by atoms with Crippen LogP contribution < -0.4 is 10.6 Å². The number of ether oxygens (including phenoxy) is 1. The van der Waals surface area contributed by atoms with Crippen molar-refractivity contribution in [3.8, 4) is 0 Å². The van der Waals surface area contributed by atoms with Crippen molar-refractivity contribution in [2.45, 2.75) is 31.8 Å². The van der Waals surface area contributed by atoms with E-state index >= 15 is 0 Å². The van der Waals surface area contributed by atoms with Gasteiger partial charge < -0.3 is 15.4 Å². The fourth-order valence-electron chi connectivity index (χ4n) is 3.05. The molecule has 1 fully saturated rings. The number of hydrogen-bond acceptors (Lipinski definition) is 4. The lowest BCUT2D eigenvalue weighted by molar-refractivity contribution is -0.0771. The summed E-state index contributed by atoms with van der Waals surface area (Å²) in [5, 5.41) is 6.30. The van der Waals surface area contributed by atoms with Crippen LogP contribution in [0.1, 0.15) is 39.9 Å². The van der Waals surface area contributed by atoms with Crippen LogP contribution in [0.5, 0.6) is 0 Å². The first-order valence-electron chi connectivity index (χ1n) is 7.51. The molecule has 2 N–H and O–H groups in total. The fourth-order valence-corrected chi connectivity index (χ4v) is 4.38. The zero-order chi connectivity index (χ0) is 14.9. The first-order chi connectivity index (χ1) is 10.1. The maximum Gasteiger partial charge on any atom is 0.261 e. The maximum absolute atomic E-state index is 12.2. The smallest absolute Gasteiger partial charge is 0.261 e. The second-order valence-electron chi connectivity index (χ2n) is 5.95. The summed E-state index contributed by atoms with van der Waals surface area (Å²) in [7, 11) is 0. The van der Waals surface area contributed by atoms with E-state index in [-0.39, 0.29) is 11.5 Å². The molecule has 1 aromatic heterocycles. The quantitative estimate of drug-likeness (QED) is 0.842. The largest absolute Gasteiger partial charge is 0.369 e. The van der Waals surface area contributed by atoms with Crippen molar-refractivity contribution < 1.29 is 9.53 Å². The van der Waals surface area contributed by atoms with Crippen LogP contribution in [-0.2, 0) is 16.8 Å². The molecule has 4 nitrogen and oxygen atoms in total. The van der Waals surface area contributed by atoms with Crippen molar-refractivity contribution in [2.24, 2.45) is 0 Å². The fraction of sp³-hybridized carbons (Fsp3) is 0.562. The van der Waals surface area contributed by atoms with Gasteiger partial charge in [-0.15, -0.1) is 11.3 Å². The van der Waals surface area contributed by atoms with E-state index < -0.39 is 0 Å². The molecule has 0 unspecified atom stereocenters. The molecule has 5 heteroatoms. The van der Waals surface area contributed by atoms with Crippen molar-refractivity contribution in [1.29, 1.82) is 0 Å². The Morgan fingerprint density at radius 1 is 1.52 bits per heavy atom. The molecule has 1 amide bonds. The molecule has 21 heavy (non-hydrogen) atoms. The van der Waals surface area contributed by atoms with E-state index in [0.717, 1.165) is 49.4 Å². The van der Waals surface area contributed by atoms with Crippen LogP contribution in [0.15, 0.2) is 18.2 Å². The summed E-state index contributed by atoms with van der Waals surface area (Å²) in [5.41, 5.74) is 2.10. The monoisotopic (exact) mass is 306 g/mol. The lowest BCUT2D eigenvalue weighted by Crippen LogP contribution is -2.43. The second kappa shape index (κ2) is 5.91. The lowest BCUT2D eigenvalue weighted by Gasteiger charge is -2.40. The Morgan fingerprint density at radius 3 is 3.00 bits per heavy atom.